The van der Waals surface area contributed by atoms with Gasteiger partial charge < -0.3 is 5.73 Å². The second-order valence-electron chi connectivity index (χ2n) is 5.42. The number of hydrogen-bond donors (Lipinski definition) is 1. The van der Waals surface area contributed by atoms with Crippen LogP contribution < -0.4 is 5.73 Å². The number of alkyl halides is 1. The molecule has 1 aliphatic rings. The van der Waals surface area contributed by atoms with Crippen molar-refractivity contribution in [1.82, 2.24) is 0 Å². The molecule has 0 aromatic heterocycles. The first kappa shape index (κ1) is 13.0. The lowest BCUT2D eigenvalue weighted by Crippen LogP contribution is -2.47. The third kappa shape index (κ3) is 2.72. The fourth-order valence-corrected chi connectivity index (χ4v) is 2.97. The lowest BCUT2D eigenvalue weighted by Gasteiger charge is -2.40. The molecule has 3 atom stereocenters. The van der Waals surface area contributed by atoms with E-state index in [0.717, 1.165) is 18.8 Å². The van der Waals surface area contributed by atoms with Gasteiger partial charge in [0.1, 0.15) is 5.67 Å². The highest BCUT2D eigenvalue weighted by Gasteiger charge is 2.42. The van der Waals surface area contributed by atoms with Crippen LogP contribution in [0.25, 0.3) is 0 Å². The van der Waals surface area contributed by atoms with Crippen LogP contribution in [0.2, 0.25) is 0 Å². The van der Waals surface area contributed by atoms with E-state index >= 15 is 0 Å². The Morgan fingerprint density at radius 1 is 1.40 bits per heavy atom. The second-order valence-corrected chi connectivity index (χ2v) is 5.42. The summed E-state index contributed by atoms with van der Waals surface area (Å²) in [6.07, 6.45) is 5.73. The summed E-state index contributed by atoms with van der Waals surface area (Å²) in [7, 11) is 0. The fourth-order valence-electron chi connectivity index (χ4n) is 2.97. The van der Waals surface area contributed by atoms with E-state index in [0.29, 0.717) is 0 Å². The van der Waals surface area contributed by atoms with Crippen LogP contribution >= 0.6 is 0 Å². The number of nitrogens with two attached hydrogens (primary N) is 1. The smallest absolute Gasteiger partial charge is 0.128 e. The van der Waals surface area contributed by atoms with Crippen LogP contribution in [-0.4, -0.2) is 12.2 Å². The predicted molar refractivity (Wildman–Crippen MR) is 63.5 cm³/mol. The van der Waals surface area contributed by atoms with E-state index < -0.39 is 5.67 Å². The Kier molecular flexibility index (Phi) is 4.57. The SMILES string of the molecule is CCC1CCCC(C(F)(CN)C(C)C)C1. The highest BCUT2D eigenvalue weighted by atomic mass is 19.1. The van der Waals surface area contributed by atoms with Crippen molar-refractivity contribution in [3.05, 3.63) is 0 Å². The standard InChI is InChI=1S/C13H26FN/c1-4-11-6-5-7-12(8-11)13(14,9-15)10(2)3/h10-12H,4-9,15H2,1-3H3. The Morgan fingerprint density at radius 2 is 2.07 bits per heavy atom. The van der Waals surface area contributed by atoms with E-state index in [1.54, 1.807) is 0 Å². The van der Waals surface area contributed by atoms with Crippen molar-refractivity contribution in [1.29, 1.82) is 0 Å². The Hall–Kier alpha value is -0.110. The topological polar surface area (TPSA) is 26.0 Å². The van der Waals surface area contributed by atoms with Gasteiger partial charge in [-0.2, -0.15) is 0 Å². The molecule has 0 spiro atoms. The Morgan fingerprint density at radius 3 is 2.53 bits per heavy atom. The molecule has 0 aromatic rings. The molecule has 0 heterocycles. The van der Waals surface area contributed by atoms with Crippen LogP contribution in [0.3, 0.4) is 0 Å². The lowest BCUT2D eigenvalue weighted by atomic mass is 9.69. The summed E-state index contributed by atoms with van der Waals surface area (Å²) < 4.78 is 14.7. The van der Waals surface area contributed by atoms with Gasteiger partial charge in [-0.3, -0.25) is 0 Å². The molecule has 1 nitrogen and oxygen atoms in total. The molecule has 0 radical (unpaired) electrons. The summed E-state index contributed by atoms with van der Waals surface area (Å²) in [5.41, 5.74) is 4.52. The van der Waals surface area contributed by atoms with Crippen molar-refractivity contribution in [2.24, 2.45) is 23.5 Å². The highest BCUT2D eigenvalue weighted by Crippen LogP contribution is 2.42. The van der Waals surface area contributed by atoms with Gasteiger partial charge in [-0.05, 0) is 30.6 Å². The van der Waals surface area contributed by atoms with Crippen molar-refractivity contribution in [3.8, 4) is 0 Å². The van der Waals surface area contributed by atoms with Gasteiger partial charge in [-0.25, -0.2) is 4.39 Å². The van der Waals surface area contributed by atoms with Gasteiger partial charge in [0.2, 0.25) is 0 Å². The maximum Gasteiger partial charge on any atom is 0.128 e. The molecule has 0 saturated heterocycles. The molecule has 90 valence electrons. The van der Waals surface area contributed by atoms with Crippen LogP contribution in [0.4, 0.5) is 4.39 Å². The molecule has 0 amide bonds. The molecule has 2 heteroatoms. The molecule has 1 aliphatic carbocycles. The van der Waals surface area contributed by atoms with E-state index in [1.165, 1.54) is 19.3 Å². The zero-order chi connectivity index (χ0) is 11.5. The van der Waals surface area contributed by atoms with Gasteiger partial charge in [-0.15, -0.1) is 0 Å². The van der Waals surface area contributed by atoms with Gasteiger partial charge in [0.15, 0.2) is 0 Å². The van der Waals surface area contributed by atoms with Gasteiger partial charge in [0.25, 0.3) is 0 Å². The maximum atomic E-state index is 14.7. The molecule has 0 aromatic carbocycles. The molecule has 1 fully saturated rings. The number of hydrogen-bond acceptors (Lipinski definition) is 1. The number of rotatable bonds is 4. The quantitative estimate of drug-likeness (QED) is 0.763. The summed E-state index contributed by atoms with van der Waals surface area (Å²) in [6.45, 7) is 6.32. The lowest BCUT2D eigenvalue weighted by molar-refractivity contribution is 0.00696. The second kappa shape index (κ2) is 5.29. The molecular weight excluding hydrogens is 189 g/mol. The normalized spacial score (nSPS) is 31.6. The maximum absolute atomic E-state index is 14.7. The fraction of sp³-hybridized carbons (Fsp3) is 1.00. The van der Waals surface area contributed by atoms with E-state index in [9.17, 15) is 4.39 Å². The third-order valence-electron chi connectivity index (χ3n) is 4.31. The van der Waals surface area contributed by atoms with E-state index in [1.807, 2.05) is 13.8 Å². The van der Waals surface area contributed by atoms with Crippen LogP contribution in [0.5, 0.6) is 0 Å². The van der Waals surface area contributed by atoms with E-state index in [4.69, 9.17) is 5.73 Å². The average Bonchev–Trinajstić information content (AvgIpc) is 2.27. The van der Waals surface area contributed by atoms with Crippen molar-refractivity contribution in [2.45, 2.75) is 58.5 Å². The summed E-state index contributed by atoms with van der Waals surface area (Å²) in [4.78, 5) is 0. The first-order valence-electron chi connectivity index (χ1n) is 6.43. The van der Waals surface area contributed by atoms with Gasteiger partial charge >= 0.3 is 0 Å². The molecule has 0 bridgehead atoms. The first-order valence-corrected chi connectivity index (χ1v) is 6.43. The van der Waals surface area contributed by atoms with Gasteiger partial charge in [-0.1, -0.05) is 40.0 Å². The molecule has 0 aliphatic heterocycles. The van der Waals surface area contributed by atoms with Crippen molar-refractivity contribution >= 4 is 0 Å². The minimum Gasteiger partial charge on any atom is -0.328 e. The summed E-state index contributed by atoms with van der Waals surface area (Å²) in [6, 6.07) is 0. The van der Waals surface area contributed by atoms with Crippen LogP contribution in [0.15, 0.2) is 0 Å². The van der Waals surface area contributed by atoms with E-state index in [-0.39, 0.29) is 18.4 Å². The zero-order valence-corrected chi connectivity index (χ0v) is 10.4. The Labute approximate surface area is 93.6 Å². The van der Waals surface area contributed by atoms with Gasteiger partial charge in [0.05, 0.1) is 0 Å². The molecule has 1 rings (SSSR count). The largest absolute Gasteiger partial charge is 0.328 e. The predicted octanol–water partition coefficient (Wildman–Crippen LogP) is 3.53. The average molecular weight is 215 g/mol. The first-order chi connectivity index (χ1) is 7.04. The Bertz CT molecular complexity index is 193. The molecule has 1 saturated carbocycles. The van der Waals surface area contributed by atoms with Gasteiger partial charge in [0, 0.05) is 6.54 Å². The van der Waals surface area contributed by atoms with Crippen molar-refractivity contribution in [3.63, 3.8) is 0 Å². The molecule has 2 N–H and O–H groups in total. The monoisotopic (exact) mass is 215 g/mol. The van der Waals surface area contributed by atoms with Crippen LogP contribution in [0.1, 0.15) is 52.9 Å². The number of halogens is 1. The zero-order valence-electron chi connectivity index (χ0n) is 10.4. The minimum absolute atomic E-state index is 0.0445. The summed E-state index contributed by atoms with van der Waals surface area (Å²) in [5.74, 6) is 0.966. The van der Waals surface area contributed by atoms with E-state index in [2.05, 4.69) is 6.92 Å². The minimum atomic E-state index is -1.13. The summed E-state index contributed by atoms with van der Waals surface area (Å²) >= 11 is 0. The highest BCUT2D eigenvalue weighted by molar-refractivity contribution is 4.93. The summed E-state index contributed by atoms with van der Waals surface area (Å²) in [5, 5.41) is 0. The van der Waals surface area contributed by atoms with Crippen molar-refractivity contribution < 1.29 is 4.39 Å². The molecule has 15 heavy (non-hydrogen) atoms. The Balaban J connectivity index is 2.67. The molecule has 3 unspecified atom stereocenters. The van der Waals surface area contributed by atoms with Crippen LogP contribution in [-0.2, 0) is 0 Å². The van der Waals surface area contributed by atoms with Crippen molar-refractivity contribution in [2.75, 3.05) is 6.54 Å². The van der Waals surface area contributed by atoms with Crippen LogP contribution in [0, 0.1) is 17.8 Å². The molecular formula is C13H26FN. The third-order valence-corrected chi connectivity index (χ3v) is 4.31.